The van der Waals surface area contributed by atoms with Gasteiger partial charge < -0.3 is 5.32 Å². The molecule has 0 fully saturated rings. The Kier molecular flexibility index (Phi) is 5.07. The molecule has 3 heterocycles. The van der Waals surface area contributed by atoms with Crippen molar-refractivity contribution in [3.63, 3.8) is 0 Å². The highest BCUT2D eigenvalue weighted by Gasteiger charge is 2.36. The summed E-state index contributed by atoms with van der Waals surface area (Å²) >= 11 is 4.47. The van der Waals surface area contributed by atoms with E-state index in [1.54, 1.807) is 24.4 Å². The van der Waals surface area contributed by atoms with Crippen molar-refractivity contribution in [2.45, 2.75) is 32.5 Å². The lowest BCUT2D eigenvalue weighted by Crippen LogP contribution is -2.32. The van der Waals surface area contributed by atoms with Crippen molar-refractivity contribution in [2.75, 3.05) is 0 Å². The SMILES string of the molecule is CC[C@@H](C)NC(=O)c1nn2c(C(F)(F)F)cc(-c3cccs3)nc2c1Br. The summed E-state index contributed by atoms with van der Waals surface area (Å²) in [5.41, 5.74) is -1.01. The summed E-state index contributed by atoms with van der Waals surface area (Å²) in [5, 5.41) is 8.32. The molecule has 1 N–H and O–H groups in total. The van der Waals surface area contributed by atoms with Gasteiger partial charge in [-0.1, -0.05) is 13.0 Å². The largest absolute Gasteiger partial charge is 0.433 e. The molecule has 0 aliphatic rings. The van der Waals surface area contributed by atoms with Gasteiger partial charge in [0.1, 0.15) is 0 Å². The van der Waals surface area contributed by atoms with Crippen LogP contribution < -0.4 is 5.32 Å². The molecule has 1 atom stereocenters. The summed E-state index contributed by atoms with van der Waals surface area (Å²) < 4.78 is 41.4. The van der Waals surface area contributed by atoms with Crippen LogP contribution in [0.1, 0.15) is 36.5 Å². The quantitative estimate of drug-likeness (QED) is 0.627. The monoisotopic (exact) mass is 446 g/mol. The summed E-state index contributed by atoms with van der Waals surface area (Å²) in [6, 6.07) is 4.23. The fourth-order valence-electron chi connectivity index (χ4n) is 2.28. The third-order valence-corrected chi connectivity index (χ3v) is 5.42. The van der Waals surface area contributed by atoms with Gasteiger partial charge in [0.05, 0.1) is 15.0 Å². The minimum Gasteiger partial charge on any atom is -0.348 e. The number of nitrogens with zero attached hydrogens (tertiary/aromatic N) is 3. The zero-order valence-corrected chi connectivity index (χ0v) is 16.2. The molecular weight excluding hydrogens is 433 g/mol. The van der Waals surface area contributed by atoms with E-state index in [0.29, 0.717) is 15.8 Å². The van der Waals surface area contributed by atoms with E-state index < -0.39 is 17.8 Å². The molecule has 5 nitrogen and oxygen atoms in total. The molecule has 0 aliphatic heterocycles. The number of thiophene rings is 1. The molecule has 0 bridgehead atoms. The number of rotatable bonds is 4. The normalized spacial score (nSPS) is 13.2. The molecule has 0 aliphatic carbocycles. The lowest BCUT2D eigenvalue weighted by molar-refractivity contribution is -0.142. The summed E-state index contributed by atoms with van der Waals surface area (Å²) in [6.45, 7) is 3.69. The Morgan fingerprint density at radius 1 is 1.46 bits per heavy atom. The first-order chi connectivity index (χ1) is 12.2. The van der Waals surface area contributed by atoms with Crippen molar-refractivity contribution in [3.05, 3.63) is 39.4 Å². The summed E-state index contributed by atoms with van der Waals surface area (Å²) in [7, 11) is 0. The highest BCUT2D eigenvalue weighted by Crippen LogP contribution is 2.35. The van der Waals surface area contributed by atoms with Gasteiger partial charge in [0.15, 0.2) is 17.0 Å². The van der Waals surface area contributed by atoms with Crippen molar-refractivity contribution in [1.29, 1.82) is 0 Å². The fraction of sp³-hybridized carbons (Fsp3) is 0.312. The van der Waals surface area contributed by atoms with Crippen LogP contribution in [-0.4, -0.2) is 26.5 Å². The first kappa shape index (κ1) is 18.8. The maximum absolute atomic E-state index is 13.5. The van der Waals surface area contributed by atoms with E-state index in [1.165, 1.54) is 11.3 Å². The highest BCUT2D eigenvalue weighted by molar-refractivity contribution is 9.10. The number of hydrogen-bond acceptors (Lipinski definition) is 4. The van der Waals surface area contributed by atoms with Crippen LogP contribution in [0, 0.1) is 0 Å². The van der Waals surface area contributed by atoms with Crippen LogP contribution in [-0.2, 0) is 6.18 Å². The topological polar surface area (TPSA) is 59.3 Å². The molecule has 0 unspecified atom stereocenters. The number of nitrogens with one attached hydrogen (secondary N) is 1. The Hall–Kier alpha value is -1.94. The average molecular weight is 447 g/mol. The van der Waals surface area contributed by atoms with Gasteiger partial charge in [-0.2, -0.15) is 18.3 Å². The third kappa shape index (κ3) is 3.48. The molecule has 3 rings (SSSR count). The average Bonchev–Trinajstić information content (AvgIpc) is 3.21. The zero-order valence-electron chi connectivity index (χ0n) is 13.8. The van der Waals surface area contributed by atoms with Crippen LogP contribution in [0.3, 0.4) is 0 Å². The Morgan fingerprint density at radius 3 is 2.77 bits per heavy atom. The van der Waals surface area contributed by atoms with Crippen molar-refractivity contribution in [3.8, 4) is 10.6 Å². The van der Waals surface area contributed by atoms with Gasteiger partial charge in [0.25, 0.3) is 5.91 Å². The van der Waals surface area contributed by atoms with Gasteiger partial charge in [-0.15, -0.1) is 11.3 Å². The van der Waals surface area contributed by atoms with E-state index in [9.17, 15) is 18.0 Å². The second-order valence-electron chi connectivity index (χ2n) is 5.68. The second kappa shape index (κ2) is 6.99. The first-order valence-electron chi connectivity index (χ1n) is 7.73. The molecule has 0 radical (unpaired) electrons. The lowest BCUT2D eigenvalue weighted by Gasteiger charge is -2.10. The number of carbonyl (C=O) groups is 1. The maximum atomic E-state index is 13.5. The molecule has 138 valence electrons. The van der Waals surface area contributed by atoms with Crippen molar-refractivity contribution in [2.24, 2.45) is 0 Å². The van der Waals surface area contributed by atoms with Gasteiger partial charge in [-0.25, -0.2) is 9.50 Å². The predicted octanol–water partition coefficient (Wildman–Crippen LogP) is 4.77. The van der Waals surface area contributed by atoms with E-state index in [4.69, 9.17) is 0 Å². The maximum Gasteiger partial charge on any atom is 0.433 e. The van der Waals surface area contributed by atoms with Gasteiger partial charge in [-0.05, 0) is 46.8 Å². The van der Waals surface area contributed by atoms with Crippen LogP contribution >= 0.6 is 27.3 Å². The summed E-state index contributed by atoms with van der Waals surface area (Å²) in [6.07, 6.45) is -3.96. The summed E-state index contributed by atoms with van der Waals surface area (Å²) in [5.74, 6) is -0.553. The van der Waals surface area contributed by atoms with E-state index in [0.717, 1.165) is 6.07 Å². The molecule has 0 spiro atoms. The molecular formula is C16H14BrF3N4OS. The van der Waals surface area contributed by atoms with Crippen LogP contribution in [0.15, 0.2) is 28.1 Å². The molecule has 1 amide bonds. The van der Waals surface area contributed by atoms with Gasteiger partial charge in [0, 0.05) is 6.04 Å². The van der Waals surface area contributed by atoms with Crippen molar-refractivity contribution >= 4 is 38.8 Å². The van der Waals surface area contributed by atoms with Crippen LogP contribution in [0.4, 0.5) is 13.2 Å². The van der Waals surface area contributed by atoms with Gasteiger partial charge in [0.2, 0.25) is 0 Å². The molecule has 3 aromatic heterocycles. The second-order valence-corrected chi connectivity index (χ2v) is 7.42. The standard InChI is InChI=1S/C16H14BrF3N4OS/c1-3-8(2)21-15(25)13-12(17)14-22-9(10-5-4-6-26-10)7-11(16(18,19)20)24(14)23-13/h4-8H,3H2,1-2H3,(H,21,25)/t8-/m1/s1. The number of aromatic nitrogens is 3. The van der Waals surface area contributed by atoms with Crippen molar-refractivity contribution in [1.82, 2.24) is 19.9 Å². The van der Waals surface area contributed by atoms with Crippen molar-refractivity contribution < 1.29 is 18.0 Å². The van der Waals surface area contributed by atoms with Gasteiger partial charge in [-0.3, -0.25) is 4.79 Å². The number of hydrogen-bond donors (Lipinski definition) is 1. The zero-order chi connectivity index (χ0) is 19.1. The number of alkyl halides is 3. The van der Waals surface area contributed by atoms with Gasteiger partial charge >= 0.3 is 6.18 Å². The summed E-state index contributed by atoms with van der Waals surface area (Å²) in [4.78, 5) is 17.2. The molecule has 0 aromatic carbocycles. The van der Waals surface area contributed by atoms with Crippen LogP contribution in [0.25, 0.3) is 16.2 Å². The number of carbonyl (C=O) groups excluding carboxylic acids is 1. The third-order valence-electron chi connectivity index (χ3n) is 3.80. The molecule has 0 saturated carbocycles. The molecule has 3 aromatic rings. The van der Waals surface area contributed by atoms with E-state index >= 15 is 0 Å². The number of fused-ring (bicyclic) bond motifs is 1. The Bertz CT molecular complexity index is 953. The minimum atomic E-state index is -4.65. The smallest absolute Gasteiger partial charge is 0.348 e. The number of amides is 1. The number of halogens is 4. The van der Waals surface area contributed by atoms with E-state index in [-0.39, 0.29) is 27.5 Å². The minimum absolute atomic E-state index is 0.0578. The van der Waals surface area contributed by atoms with Crippen LogP contribution in [0.5, 0.6) is 0 Å². The Balaban J connectivity index is 2.20. The Morgan fingerprint density at radius 2 is 2.19 bits per heavy atom. The van der Waals surface area contributed by atoms with Crippen LogP contribution in [0.2, 0.25) is 0 Å². The molecule has 0 saturated heterocycles. The fourth-order valence-corrected chi connectivity index (χ4v) is 3.49. The van der Waals surface area contributed by atoms with E-state index in [1.807, 2.05) is 6.92 Å². The van der Waals surface area contributed by atoms with E-state index in [2.05, 4.69) is 31.3 Å². The highest BCUT2D eigenvalue weighted by atomic mass is 79.9. The molecule has 26 heavy (non-hydrogen) atoms. The predicted molar refractivity (Wildman–Crippen MR) is 96.2 cm³/mol. The molecule has 10 heteroatoms. The Labute approximate surface area is 159 Å². The lowest BCUT2D eigenvalue weighted by atomic mass is 10.2. The first-order valence-corrected chi connectivity index (χ1v) is 9.40.